The first-order valence-corrected chi connectivity index (χ1v) is 13.9. The summed E-state index contributed by atoms with van der Waals surface area (Å²) in [5.41, 5.74) is 4.70. The van der Waals surface area contributed by atoms with Crippen molar-refractivity contribution in [3.8, 4) is 5.75 Å². The molecule has 11 nitrogen and oxygen atoms in total. The van der Waals surface area contributed by atoms with Gasteiger partial charge in [-0.05, 0) is 62.7 Å². The van der Waals surface area contributed by atoms with Crippen LogP contribution in [0, 0.1) is 35.5 Å². The van der Waals surface area contributed by atoms with Gasteiger partial charge in [-0.2, -0.15) is 0 Å². The molecule has 1 aliphatic heterocycles. The summed E-state index contributed by atoms with van der Waals surface area (Å²) in [6.45, 7) is 2.36. The summed E-state index contributed by atoms with van der Waals surface area (Å²) < 4.78 is 0. The van der Waals surface area contributed by atoms with Crippen LogP contribution >= 0.6 is 0 Å². The standard InChI is InChI=1S/C29H36N4O7/c1-31(2)18-8-15(11-33-9-13-5-14(13)10-33)23(34)20-16(18)6-12-7-17-22(32(3)4)25(36)21(28(30)39)27(38)29(17,40)26(37)19(12)24(20)35/h8,12-14,17,19,21-22,34,40H,5-7,9-11H2,1-4H3,(H2,30,39)/t12-,13?,14?,17-,19?,21?,22-,29-/m0/s1. The lowest BCUT2D eigenvalue weighted by atomic mass is 9.52. The molecule has 1 saturated heterocycles. The molecule has 1 amide bonds. The van der Waals surface area contributed by atoms with Crippen LogP contribution in [-0.2, 0) is 32.1 Å². The monoisotopic (exact) mass is 552 g/mol. The maximum atomic E-state index is 14.1. The Balaban J connectivity index is 1.44. The number of benzene rings is 1. The average Bonchev–Trinajstić information content (AvgIpc) is 3.47. The van der Waals surface area contributed by atoms with E-state index < -0.39 is 64.4 Å². The van der Waals surface area contributed by atoms with Crippen LogP contribution < -0.4 is 10.6 Å². The number of hydrogen-bond donors (Lipinski definition) is 3. The van der Waals surface area contributed by atoms with E-state index in [0.29, 0.717) is 29.5 Å². The highest BCUT2D eigenvalue weighted by molar-refractivity contribution is 6.32. The number of carbonyl (C=O) groups is 5. The SMILES string of the molecule is CN(C)c1cc(CN2CC3CC3C2)c(O)c2c1C[C@H]1C[C@H]3[C@H](N(C)C)C(=O)C(C(N)=O)C(=O)[C@@]3(O)C(=O)C1C2=O. The normalized spacial score (nSPS) is 36.7. The third-order valence-corrected chi connectivity index (χ3v) is 10.0. The Morgan fingerprint density at radius 1 is 1.05 bits per heavy atom. The molecule has 0 radical (unpaired) electrons. The summed E-state index contributed by atoms with van der Waals surface area (Å²) in [7, 11) is 6.85. The number of aliphatic hydroxyl groups is 1. The number of likely N-dealkylation sites (N-methyl/N-ethyl adjacent to an activating group) is 1. The van der Waals surface area contributed by atoms with Crippen LogP contribution in [0.4, 0.5) is 5.69 Å². The number of rotatable bonds is 5. The molecular formula is C29H36N4O7. The number of likely N-dealkylation sites (tertiary alicyclic amines) is 1. The molecule has 1 aromatic rings. The molecule has 4 unspecified atom stereocenters. The number of hydrogen-bond acceptors (Lipinski definition) is 10. The van der Waals surface area contributed by atoms with Gasteiger partial charge in [0.25, 0.3) is 0 Å². The highest BCUT2D eigenvalue weighted by Gasteiger charge is 2.69. The van der Waals surface area contributed by atoms with Crippen molar-refractivity contribution in [2.24, 2.45) is 41.2 Å². The van der Waals surface area contributed by atoms with E-state index in [0.717, 1.165) is 18.8 Å². The lowest BCUT2D eigenvalue weighted by Gasteiger charge is -2.52. The van der Waals surface area contributed by atoms with Gasteiger partial charge in [-0.25, -0.2) is 0 Å². The average molecular weight is 553 g/mol. The van der Waals surface area contributed by atoms with Crippen molar-refractivity contribution in [1.82, 2.24) is 9.80 Å². The van der Waals surface area contributed by atoms with Crippen LogP contribution in [0.15, 0.2) is 6.07 Å². The van der Waals surface area contributed by atoms with E-state index in [9.17, 15) is 34.2 Å². The van der Waals surface area contributed by atoms with Gasteiger partial charge in [-0.1, -0.05) is 0 Å². The predicted octanol–water partition coefficient (Wildman–Crippen LogP) is -0.615. The number of piperidine rings is 1. The largest absolute Gasteiger partial charge is 0.507 e. The Morgan fingerprint density at radius 3 is 2.27 bits per heavy atom. The minimum Gasteiger partial charge on any atom is -0.507 e. The number of phenolic OH excluding ortho intramolecular Hbond substituents is 1. The van der Waals surface area contributed by atoms with E-state index in [1.807, 2.05) is 25.1 Å². The molecule has 4 N–H and O–H groups in total. The van der Waals surface area contributed by atoms with Gasteiger partial charge in [0.1, 0.15) is 5.75 Å². The van der Waals surface area contributed by atoms with Crippen LogP contribution in [-0.4, -0.2) is 102 Å². The number of nitrogens with zero attached hydrogens (tertiary/aromatic N) is 3. The van der Waals surface area contributed by atoms with Gasteiger partial charge in [0, 0.05) is 50.9 Å². The molecule has 0 spiro atoms. The minimum absolute atomic E-state index is 0.0375. The molecule has 1 aromatic carbocycles. The lowest BCUT2D eigenvalue weighted by Crippen LogP contribution is -2.74. The first-order valence-electron chi connectivity index (χ1n) is 13.9. The van der Waals surface area contributed by atoms with Gasteiger partial charge in [0.05, 0.1) is 17.5 Å². The molecule has 0 bridgehead atoms. The van der Waals surface area contributed by atoms with Crippen molar-refractivity contribution in [2.45, 2.75) is 37.5 Å². The number of Topliss-reactive ketones (excluding diaryl/α,β-unsaturated/α-hetero) is 4. The number of phenols is 1. The number of aromatic hydroxyl groups is 1. The molecule has 5 aliphatic rings. The first-order chi connectivity index (χ1) is 18.8. The van der Waals surface area contributed by atoms with Crippen LogP contribution in [0.25, 0.3) is 0 Å². The van der Waals surface area contributed by atoms with Crippen LogP contribution in [0.3, 0.4) is 0 Å². The van der Waals surface area contributed by atoms with Crippen LogP contribution in [0.2, 0.25) is 0 Å². The number of carbonyl (C=O) groups excluding carboxylic acids is 5. The van der Waals surface area contributed by atoms with E-state index in [4.69, 9.17) is 5.73 Å². The van der Waals surface area contributed by atoms with Crippen molar-refractivity contribution in [3.05, 3.63) is 22.8 Å². The quantitative estimate of drug-likeness (QED) is 0.402. The molecule has 3 saturated carbocycles. The number of amides is 1. The van der Waals surface area contributed by atoms with Crippen molar-refractivity contribution in [1.29, 1.82) is 0 Å². The fourth-order valence-corrected chi connectivity index (χ4v) is 8.09. The molecule has 6 rings (SSSR count). The van der Waals surface area contributed by atoms with Crippen LogP contribution in [0.1, 0.15) is 34.3 Å². The molecule has 40 heavy (non-hydrogen) atoms. The van der Waals surface area contributed by atoms with E-state index in [1.165, 1.54) is 11.3 Å². The zero-order chi connectivity index (χ0) is 29.0. The summed E-state index contributed by atoms with van der Waals surface area (Å²) in [4.78, 5) is 72.6. The third kappa shape index (κ3) is 3.63. The Bertz CT molecular complexity index is 1360. The van der Waals surface area contributed by atoms with Gasteiger partial charge in [-0.15, -0.1) is 0 Å². The fraction of sp³-hybridized carbons (Fsp3) is 0.621. The zero-order valence-electron chi connectivity index (χ0n) is 23.2. The van der Waals surface area contributed by atoms with Gasteiger partial charge >= 0.3 is 0 Å². The van der Waals surface area contributed by atoms with Gasteiger partial charge in [-0.3, -0.25) is 33.8 Å². The van der Waals surface area contributed by atoms with E-state index in [1.54, 1.807) is 14.1 Å². The number of ketones is 4. The second-order valence-corrected chi connectivity index (χ2v) is 12.9. The number of nitrogens with two attached hydrogens (primary N) is 1. The summed E-state index contributed by atoms with van der Waals surface area (Å²) in [6, 6.07) is 0.790. The smallest absolute Gasteiger partial charge is 0.235 e. The lowest BCUT2D eigenvalue weighted by molar-refractivity contribution is -0.181. The number of primary amides is 1. The minimum atomic E-state index is -2.72. The third-order valence-electron chi connectivity index (χ3n) is 10.0. The molecule has 4 aliphatic carbocycles. The topological polar surface area (TPSA) is 162 Å². The Kier molecular flexibility index (Phi) is 6.03. The van der Waals surface area contributed by atoms with Gasteiger partial charge in [0.2, 0.25) is 5.91 Å². The molecule has 8 atom stereocenters. The maximum Gasteiger partial charge on any atom is 0.235 e. The molecule has 4 fully saturated rings. The fourth-order valence-electron chi connectivity index (χ4n) is 8.09. The van der Waals surface area contributed by atoms with Gasteiger partial charge in [0.15, 0.2) is 34.7 Å². The van der Waals surface area contributed by atoms with Crippen molar-refractivity contribution < 1.29 is 34.2 Å². The van der Waals surface area contributed by atoms with E-state index in [-0.39, 0.29) is 24.2 Å². The van der Waals surface area contributed by atoms with Crippen molar-refractivity contribution >= 4 is 34.7 Å². The number of fused-ring (bicyclic) bond motifs is 4. The van der Waals surface area contributed by atoms with Crippen molar-refractivity contribution in [3.63, 3.8) is 0 Å². The Hall–Kier alpha value is -3.15. The highest BCUT2D eigenvalue weighted by atomic mass is 16.3. The van der Waals surface area contributed by atoms with Gasteiger partial charge < -0.3 is 20.8 Å². The summed E-state index contributed by atoms with van der Waals surface area (Å²) in [5.74, 6) is -8.79. The first kappa shape index (κ1) is 27.0. The number of anilines is 1. The Morgan fingerprint density at radius 2 is 1.70 bits per heavy atom. The van der Waals surface area contributed by atoms with E-state index in [2.05, 4.69) is 4.90 Å². The molecule has 1 heterocycles. The second kappa shape index (κ2) is 8.92. The van der Waals surface area contributed by atoms with Crippen molar-refractivity contribution in [2.75, 3.05) is 46.2 Å². The molecule has 11 heteroatoms. The molecular weight excluding hydrogens is 516 g/mol. The molecule has 214 valence electrons. The highest BCUT2D eigenvalue weighted by Crippen LogP contribution is 2.52. The predicted molar refractivity (Wildman–Crippen MR) is 143 cm³/mol. The zero-order valence-corrected chi connectivity index (χ0v) is 23.2. The summed E-state index contributed by atoms with van der Waals surface area (Å²) >= 11 is 0. The molecule has 0 aromatic heterocycles. The Labute approximate surface area is 232 Å². The summed E-state index contributed by atoms with van der Waals surface area (Å²) in [6.07, 6.45) is 1.52. The summed E-state index contributed by atoms with van der Waals surface area (Å²) in [5, 5.41) is 23.2. The maximum absolute atomic E-state index is 14.1. The van der Waals surface area contributed by atoms with E-state index >= 15 is 0 Å². The van der Waals surface area contributed by atoms with Crippen LogP contribution in [0.5, 0.6) is 5.75 Å². The second-order valence-electron chi connectivity index (χ2n) is 12.9.